The van der Waals surface area contributed by atoms with Crippen LogP contribution in [0.25, 0.3) is 0 Å². The first-order chi connectivity index (χ1) is 10.5. The van der Waals surface area contributed by atoms with E-state index < -0.39 is 0 Å². The van der Waals surface area contributed by atoms with Gasteiger partial charge in [-0.3, -0.25) is 4.79 Å². The van der Waals surface area contributed by atoms with E-state index in [1.807, 2.05) is 13.1 Å². The maximum atomic E-state index is 11.9. The van der Waals surface area contributed by atoms with E-state index in [1.165, 1.54) is 10.6 Å². The van der Waals surface area contributed by atoms with Gasteiger partial charge in [0, 0.05) is 44.8 Å². The highest BCUT2D eigenvalue weighted by molar-refractivity contribution is 5.88. The molecule has 2 heterocycles. The molecule has 2 aromatic heterocycles. The maximum absolute atomic E-state index is 11.9. The fraction of sp³-hybridized carbons (Fsp3) is 0.400. The summed E-state index contributed by atoms with van der Waals surface area (Å²) in [4.78, 5) is 27.3. The highest BCUT2D eigenvalue weighted by Crippen LogP contribution is 2.04. The smallest absolute Gasteiger partial charge is 0.319 e. The largest absolute Gasteiger partial charge is 0.338 e. The second kappa shape index (κ2) is 6.93. The first-order valence-electron chi connectivity index (χ1n) is 7.15. The maximum Gasteiger partial charge on any atom is 0.319 e. The molecule has 0 aliphatic carbocycles. The van der Waals surface area contributed by atoms with Gasteiger partial charge < -0.3 is 19.8 Å². The van der Waals surface area contributed by atoms with Crippen LogP contribution in [0.15, 0.2) is 35.5 Å². The molecule has 0 bridgehead atoms. The molecule has 0 aromatic carbocycles. The second-order valence-corrected chi connectivity index (χ2v) is 5.43. The van der Waals surface area contributed by atoms with E-state index in [1.54, 1.807) is 25.5 Å². The molecule has 0 aliphatic heterocycles. The molecule has 0 aliphatic rings. The molecule has 7 nitrogen and oxygen atoms in total. The molecule has 2 aromatic rings. The van der Waals surface area contributed by atoms with Crippen molar-refractivity contribution < 1.29 is 4.79 Å². The number of nitrogens with zero attached hydrogens (tertiary/aromatic N) is 3. The summed E-state index contributed by atoms with van der Waals surface area (Å²) in [6, 6.07) is 2.72. The third-order valence-corrected chi connectivity index (χ3v) is 3.39. The van der Waals surface area contributed by atoms with Gasteiger partial charge in [0.15, 0.2) is 0 Å². The fourth-order valence-electron chi connectivity index (χ4n) is 2.11. The Kier molecular flexibility index (Phi) is 4.98. The highest BCUT2D eigenvalue weighted by atomic mass is 16.2. The summed E-state index contributed by atoms with van der Waals surface area (Å²) in [5, 5.41) is 5.53. The molecule has 2 N–H and O–H groups in total. The van der Waals surface area contributed by atoms with Crippen molar-refractivity contribution in [1.82, 2.24) is 19.4 Å². The van der Waals surface area contributed by atoms with Crippen LogP contribution in [0.5, 0.6) is 0 Å². The molecule has 0 radical (unpaired) electrons. The minimum absolute atomic E-state index is 0.115. The standard InChI is InChI=1S/C15H21N5O2/c1-11(9-20-7-6-16-12(20)2)8-17-15(22)18-13-4-5-14(21)19(3)10-13/h4-7,10-11H,8-9H2,1-3H3,(H2,17,18,22)/t11-/m1/s1. The van der Waals surface area contributed by atoms with E-state index in [0.29, 0.717) is 12.2 Å². The lowest BCUT2D eigenvalue weighted by atomic mass is 10.2. The van der Waals surface area contributed by atoms with Gasteiger partial charge in [0.1, 0.15) is 5.82 Å². The number of nitrogens with one attached hydrogen (secondary N) is 2. The molecule has 118 valence electrons. The number of carbonyl (C=O) groups excluding carboxylic acids is 1. The van der Waals surface area contributed by atoms with E-state index in [-0.39, 0.29) is 17.5 Å². The summed E-state index contributed by atoms with van der Waals surface area (Å²) in [5.41, 5.74) is 0.466. The van der Waals surface area contributed by atoms with Crippen molar-refractivity contribution in [3.8, 4) is 0 Å². The van der Waals surface area contributed by atoms with E-state index >= 15 is 0 Å². The summed E-state index contributed by atoms with van der Waals surface area (Å²) < 4.78 is 3.47. The first kappa shape index (κ1) is 15.8. The Bertz CT molecular complexity index is 704. The SMILES string of the molecule is Cc1nccn1C[C@H](C)CNC(=O)Nc1ccc(=O)n(C)c1. The molecule has 0 fully saturated rings. The van der Waals surface area contributed by atoms with Gasteiger partial charge in [0.2, 0.25) is 5.56 Å². The van der Waals surface area contributed by atoms with Crippen LogP contribution in [0.1, 0.15) is 12.7 Å². The average molecular weight is 303 g/mol. The van der Waals surface area contributed by atoms with Crippen LogP contribution in [0, 0.1) is 12.8 Å². The summed E-state index contributed by atoms with van der Waals surface area (Å²) >= 11 is 0. The zero-order valence-corrected chi connectivity index (χ0v) is 13.0. The number of urea groups is 1. The number of amides is 2. The van der Waals surface area contributed by atoms with Crippen molar-refractivity contribution in [2.75, 3.05) is 11.9 Å². The second-order valence-electron chi connectivity index (χ2n) is 5.43. The number of rotatable bonds is 5. The van der Waals surface area contributed by atoms with E-state index in [9.17, 15) is 9.59 Å². The van der Waals surface area contributed by atoms with Crippen molar-refractivity contribution >= 4 is 11.7 Å². The van der Waals surface area contributed by atoms with Gasteiger partial charge in [0.25, 0.3) is 0 Å². The molecule has 0 saturated heterocycles. The van der Waals surface area contributed by atoms with Gasteiger partial charge in [-0.25, -0.2) is 9.78 Å². The van der Waals surface area contributed by atoms with E-state index in [4.69, 9.17) is 0 Å². The Morgan fingerprint density at radius 2 is 2.18 bits per heavy atom. The summed E-state index contributed by atoms with van der Waals surface area (Å²) in [5.74, 6) is 1.24. The molecule has 0 unspecified atom stereocenters. The Morgan fingerprint density at radius 1 is 1.41 bits per heavy atom. The minimum Gasteiger partial charge on any atom is -0.338 e. The fourth-order valence-corrected chi connectivity index (χ4v) is 2.11. The lowest BCUT2D eigenvalue weighted by Crippen LogP contribution is -2.33. The van der Waals surface area contributed by atoms with Crippen LogP contribution in [-0.4, -0.2) is 26.7 Å². The van der Waals surface area contributed by atoms with Crippen molar-refractivity contribution in [3.05, 3.63) is 46.9 Å². The Labute approximate surface area is 129 Å². The monoisotopic (exact) mass is 303 g/mol. The highest BCUT2D eigenvalue weighted by Gasteiger charge is 2.08. The lowest BCUT2D eigenvalue weighted by molar-refractivity contribution is 0.250. The Hall–Kier alpha value is -2.57. The normalized spacial score (nSPS) is 12.0. The van der Waals surface area contributed by atoms with Crippen molar-refractivity contribution in [2.45, 2.75) is 20.4 Å². The predicted molar refractivity (Wildman–Crippen MR) is 84.8 cm³/mol. The molecule has 22 heavy (non-hydrogen) atoms. The third kappa shape index (κ3) is 4.21. The number of anilines is 1. The number of imidazole rings is 1. The molecule has 7 heteroatoms. The number of carbonyl (C=O) groups is 1. The Morgan fingerprint density at radius 3 is 2.82 bits per heavy atom. The number of aromatic nitrogens is 3. The van der Waals surface area contributed by atoms with E-state index in [0.717, 1.165) is 12.4 Å². The van der Waals surface area contributed by atoms with Crippen molar-refractivity contribution in [1.29, 1.82) is 0 Å². The van der Waals surface area contributed by atoms with Gasteiger partial charge in [-0.2, -0.15) is 0 Å². The van der Waals surface area contributed by atoms with Gasteiger partial charge in [-0.1, -0.05) is 6.92 Å². The van der Waals surface area contributed by atoms with Crippen molar-refractivity contribution in [3.63, 3.8) is 0 Å². The predicted octanol–water partition coefficient (Wildman–Crippen LogP) is 1.35. The van der Waals surface area contributed by atoms with Crippen LogP contribution < -0.4 is 16.2 Å². The number of hydrogen-bond acceptors (Lipinski definition) is 3. The Balaban J connectivity index is 1.81. The zero-order valence-electron chi connectivity index (χ0n) is 13.0. The summed E-state index contributed by atoms with van der Waals surface area (Å²) in [6.45, 7) is 5.36. The number of pyridine rings is 1. The van der Waals surface area contributed by atoms with Gasteiger partial charge in [-0.05, 0) is 18.9 Å². The number of hydrogen-bond donors (Lipinski definition) is 2. The van der Waals surface area contributed by atoms with Crippen molar-refractivity contribution in [2.24, 2.45) is 13.0 Å². The molecule has 0 saturated carbocycles. The molecular formula is C15H21N5O2. The third-order valence-electron chi connectivity index (χ3n) is 3.39. The summed E-state index contributed by atoms with van der Waals surface area (Å²) in [7, 11) is 1.64. The van der Waals surface area contributed by atoms with Crippen LogP contribution >= 0.6 is 0 Å². The average Bonchev–Trinajstić information content (AvgIpc) is 2.86. The topological polar surface area (TPSA) is 81.0 Å². The minimum atomic E-state index is -0.284. The molecule has 2 rings (SSSR count). The first-order valence-corrected chi connectivity index (χ1v) is 7.15. The molecule has 0 spiro atoms. The molecule has 1 atom stereocenters. The van der Waals surface area contributed by atoms with Gasteiger partial charge >= 0.3 is 6.03 Å². The van der Waals surface area contributed by atoms with Crippen LogP contribution in [0.3, 0.4) is 0 Å². The lowest BCUT2D eigenvalue weighted by Gasteiger charge is -2.15. The quantitative estimate of drug-likeness (QED) is 0.875. The van der Waals surface area contributed by atoms with E-state index in [2.05, 4.69) is 27.1 Å². The van der Waals surface area contributed by atoms with Crippen LogP contribution in [0.4, 0.5) is 10.5 Å². The number of aryl methyl sites for hydroxylation is 2. The van der Waals surface area contributed by atoms with Crippen LogP contribution in [0.2, 0.25) is 0 Å². The summed E-state index contributed by atoms with van der Waals surface area (Å²) in [6.07, 6.45) is 5.28. The molecular weight excluding hydrogens is 282 g/mol. The zero-order chi connectivity index (χ0) is 16.1. The van der Waals surface area contributed by atoms with Gasteiger partial charge in [0.05, 0.1) is 5.69 Å². The van der Waals surface area contributed by atoms with Gasteiger partial charge in [-0.15, -0.1) is 0 Å². The van der Waals surface area contributed by atoms with Crippen LogP contribution in [-0.2, 0) is 13.6 Å². The molecule has 2 amide bonds.